The molecule has 0 spiro atoms. The summed E-state index contributed by atoms with van der Waals surface area (Å²) in [6, 6.07) is 15.7. The molecule has 5 amide bonds. The van der Waals surface area contributed by atoms with Crippen molar-refractivity contribution in [3.63, 3.8) is 0 Å². The quantitative estimate of drug-likeness (QED) is 0.118. The van der Waals surface area contributed by atoms with E-state index in [1.807, 2.05) is 75.4 Å². The number of hydrogen-bond donors (Lipinski definition) is 4. The van der Waals surface area contributed by atoms with Crippen molar-refractivity contribution in [3.05, 3.63) is 71.3 Å². The van der Waals surface area contributed by atoms with Crippen molar-refractivity contribution in [2.75, 3.05) is 19.6 Å². The van der Waals surface area contributed by atoms with E-state index in [2.05, 4.69) is 16.0 Å². The van der Waals surface area contributed by atoms with Crippen LogP contribution in [0.2, 0.25) is 0 Å². The highest BCUT2D eigenvalue weighted by atomic mass is 16.6. The summed E-state index contributed by atoms with van der Waals surface area (Å²) in [4.78, 5) is 98.2. The second-order valence-electron chi connectivity index (χ2n) is 19.9. The van der Waals surface area contributed by atoms with Crippen LogP contribution in [0.1, 0.15) is 124 Å². The molecule has 0 saturated carbocycles. The second-order valence-corrected chi connectivity index (χ2v) is 19.9. The Hall–Kier alpha value is -5.47. The van der Waals surface area contributed by atoms with Gasteiger partial charge in [0.25, 0.3) is 0 Å². The van der Waals surface area contributed by atoms with Gasteiger partial charge in [0.2, 0.25) is 17.7 Å². The van der Waals surface area contributed by atoms with Crippen LogP contribution in [-0.2, 0) is 52.8 Å². The first-order valence-electron chi connectivity index (χ1n) is 22.7. The van der Waals surface area contributed by atoms with E-state index >= 15 is 0 Å². The van der Waals surface area contributed by atoms with E-state index in [0.717, 1.165) is 16.7 Å². The van der Waals surface area contributed by atoms with Crippen LogP contribution in [0.3, 0.4) is 0 Å². The molecule has 2 aromatic rings. The number of nitrogens with zero attached hydrogens (tertiary/aromatic N) is 2. The van der Waals surface area contributed by atoms with Crippen molar-refractivity contribution in [2.45, 2.75) is 155 Å². The number of likely N-dealkylation sites (tertiary alicyclic amines) is 1. The fourth-order valence-corrected chi connectivity index (χ4v) is 8.36. The summed E-state index contributed by atoms with van der Waals surface area (Å²) in [6.07, 6.45) is 0.481. The number of nitrogens with one attached hydrogen (secondary N) is 3. The van der Waals surface area contributed by atoms with Crippen molar-refractivity contribution in [3.8, 4) is 0 Å². The number of aliphatic carboxylic acids is 1. The van der Waals surface area contributed by atoms with E-state index in [1.54, 1.807) is 46.4 Å². The lowest BCUT2D eigenvalue weighted by atomic mass is 9.84. The largest absolute Gasteiger partial charge is 0.480 e. The Labute approximate surface area is 378 Å². The highest BCUT2D eigenvalue weighted by Crippen LogP contribution is 2.30. The molecular formula is C49H71N5O10. The van der Waals surface area contributed by atoms with Crippen LogP contribution in [0.4, 0.5) is 9.59 Å². The molecule has 64 heavy (non-hydrogen) atoms. The van der Waals surface area contributed by atoms with E-state index in [0.29, 0.717) is 32.1 Å². The molecule has 0 radical (unpaired) electrons. The average molecular weight is 890 g/mol. The number of unbranched alkanes of at least 4 members (excludes halogenated alkanes) is 1. The first-order valence-corrected chi connectivity index (χ1v) is 22.7. The van der Waals surface area contributed by atoms with Crippen molar-refractivity contribution < 1.29 is 48.1 Å². The molecule has 2 aromatic carbocycles. The summed E-state index contributed by atoms with van der Waals surface area (Å²) in [5.74, 6) is -3.71. The highest BCUT2D eigenvalue weighted by Gasteiger charge is 2.46. The first-order chi connectivity index (χ1) is 30.0. The minimum Gasteiger partial charge on any atom is -0.480 e. The van der Waals surface area contributed by atoms with Gasteiger partial charge in [-0.2, -0.15) is 0 Å². The number of rotatable bonds is 18. The number of carbonyl (C=O) groups excluding carboxylic acids is 6. The molecule has 4 atom stereocenters. The Morgan fingerprint density at radius 1 is 0.797 bits per heavy atom. The smallest absolute Gasteiger partial charge is 0.408 e. The lowest BCUT2D eigenvalue weighted by molar-refractivity contribution is -0.150. The molecule has 1 saturated heterocycles. The second kappa shape index (κ2) is 22.4. The number of carboxylic acids is 1. The van der Waals surface area contributed by atoms with Crippen LogP contribution >= 0.6 is 0 Å². The standard InChI is InChI=1S/C49H71N5O10/c1-32(2)27-37(30-40(55)39-29-35-19-13-14-20-36(35)31-54(39)42(57)33(3)28-34-17-11-10-12-18-34)41(56)51-38(21-15-16-24-50-45(61)63-47(4,5)6)43(58)53-25-22-49(23-26-53,44(59)60)52-46(62)64-48(7,8)9/h10-14,17-20,32-33,37-39H,15-16,21-31H2,1-9H3,(H,50,61)(H,51,56)(H,52,62)(H,59,60)/t33-,37-,38-,39+/m1/s1. The number of ether oxygens (including phenoxy) is 2. The van der Waals surface area contributed by atoms with Gasteiger partial charge in [-0.15, -0.1) is 0 Å². The van der Waals surface area contributed by atoms with E-state index in [1.165, 1.54) is 4.90 Å². The molecule has 0 aliphatic carbocycles. The predicted molar refractivity (Wildman–Crippen MR) is 242 cm³/mol. The van der Waals surface area contributed by atoms with Gasteiger partial charge in [0, 0.05) is 50.9 Å². The third kappa shape index (κ3) is 15.4. The zero-order valence-electron chi connectivity index (χ0n) is 39.3. The van der Waals surface area contributed by atoms with Gasteiger partial charge in [-0.25, -0.2) is 14.4 Å². The number of hydrogen-bond acceptors (Lipinski definition) is 9. The molecule has 0 aromatic heterocycles. The summed E-state index contributed by atoms with van der Waals surface area (Å²) < 4.78 is 10.7. The van der Waals surface area contributed by atoms with Gasteiger partial charge in [0.05, 0.1) is 6.04 Å². The van der Waals surface area contributed by atoms with E-state index in [9.17, 15) is 38.7 Å². The predicted octanol–water partition coefficient (Wildman–Crippen LogP) is 6.59. The zero-order chi connectivity index (χ0) is 47.4. The first kappa shape index (κ1) is 51.2. The molecule has 1 fully saturated rings. The molecule has 352 valence electrons. The number of piperidine rings is 1. The normalized spacial score (nSPS) is 17.6. The summed E-state index contributed by atoms with van der Waals surface area (Å²) in [5.41, 5.74) is -0.222. The molecule has 15 heteroatoms. The maximum atomic E-state index is 14.5. The fourth-order valence-electron chi connectivity index (χ4n) is 8.36. The summed E-state index contributed by atoms with van der Waals surface area (Å²) >= 11 is 0. The van der Waals surface area contributed by atoms with Crippen LogP contribution in [-0.4, -0.2) is 105 Å². The van der Waals surface area contributed by atoms with Gasteiger partial charge in [-0.1, -0.05) is 75.4 Å². The van der Waals surface area contributed by atoms with Gasteiger partial charge in [-0.05, 0) is 109 Å². The molecule has 2 heterocycles. The van der Waals surface area contributed by atoms with E-state index in [4.69, 9.17) is 9.47 Å². The number of ketones is 1. The van der Waals surface area contributed by atoms with Crippen LogP contribution in [0.25, 0.3) is 0 Å². The average Bonchev–Trinajstić information content (AvgIpc) is 3.20. The van der Waals surface area contributed by atoms with Crippen LogP contribution in [0.15, 0.2) is 54.6 Å². The van der Waals surface area contributed by atoms with E-state index in [-0.39, 0.29) is 69.5 Å². The topological polar surface area (TPSA) is 201 Å². The van der Waals surface area contributed by atoms with Crippen LogP contribution in [0, 0.1) is 17.8 Å². The molecule has 0 bridgehead atoms. The monoisotopic (exact) mass is 890 g/mol. The minimum atomic E-state index is -1.66. The molecular weight excluding hydrogens is 819 g/mol. The van der Waals surface area contributed by atoms with Gasteiger partial charge >= 0.3 is 18.2 Å². The van der Waals surface area contributed by atoms with E-state index < -0.39 is 70.6 Å². The number of alkyl carbamates (subject to hydrolysis) is 2. The molecule has 0 unspecified atom stereocenters. The van der Waals surface area contributed by atoms with Gasteiger partial charge in [0.15, 0.2) is 5.78 Å². The molecule has 4 N–H and O–H groups in total. The number of benzene rings is 2. The van der Waals surface area contributed by atoms with Gasteiger partial charge < -0.3 is 40.3 Å². The Morgan fingerprint density at radius 2 is 1.39 bits per heavy atom. The van der Waals surface area contributed by atoms with Crippen molar-refractivity contribution in [1.29, 1.82) is 0 Å². The lowest BCUT2D eigenvalue weighted by Crippen LogP contribution is -2.62. The maximum Gasteiger partial charge on any atom is 0.408 e. The van der Waals surface area contributed by atoms with Crippen molar-refractivity contribution in [1.82, 2.24) is 25.8 Å². The number of fused-ring (bicyclic) bond motifs is 1. The lowest BCUT2D eigenvalue weighted by Gasteiger charge is -2.40. The van der Waals surface area contributed by atoms with Crippen LogP contribution < -0.4 is 16.0 Å². The SMILES string of the molecule is CC(C)C[C@H](CC(=O)[C@@H]1Cc2ccccc2CN1C(=O)[C@H](C)Cc1ccccc1)C(=O)N[C@H](CCCCNC(=O)OC(C)(C)C)C(=O)N1CCC(NC(=O)OC(C)(C)C)(C(=O)O)CC1. The molecule has 4 rings (SSSR count). The zero-order valence-corrected chi connectivity index (χ0v) is 39.3. The van der Waals surface area contributed by atoms with Crippen molar-refractivity contribution >= 4 is 41.7 Å². The third-order valence-electron chi connectivity index (χ3n) is 11.6. The summed E-state index contributed by atoms with van der Waals surface area (Å²) in [7, 11) is 0. The Bertz CT molecular complexity index is 1950. The van der Waals surface area contributed by atoms with Crippen LogP contribution in [0.5, 0.6) is 0 Å². The van der Waals surface area contributed by atoms with Gasteiger partial charge in [0.1, 0.15) is 22.8 Å². The Balaban J connectivity index is 1.53. The summed E-state index contributed by atoms with van der Waals surface area (Å²) in [6.45, 7) is 16.6. The highest BCUT2D eigenvalue weighted by molar-refractivity contribution is 5.95. The number of carboxylic acid groups (broad SMARTS) is 1. The maximum absolute atomic E-state index is 14.5. The van der Waals surface area contributed by atoms with Gasteiger partial charge in [-0.3, -0.25) is 19.2 Å². The fraction of sp³-hybridized carbons (Fsp3) is 0.612. The number of carbonyl (C=O) groups is 7. The Kier molecular flexibility index (Phi) is 17.9. The summed E-state index contributed by atoms with van der Waals surface area (Å²) in [5, 5.41) is 18.4. The number of Topliss-reactive ketones (excluding diaryl/α,β-unsaturated/α-hetero) is 1. The number of amides is 5. The van der Waals surface area contributed by atoms with Crippen molar-refractivity contribution in [2.24, 2.45) is 17.8 Å². The molecule has 2 aliphatic rings. The minimum absolute atomic E-state index is 0.0102. The third-order valence-corrected chi connectivity index (χ3v) is 11.6. The molecule has 2 aliphatic heterocycles. The molecule has 15 nitrogen and oxygen atoms in total. The Morgan fingerprint density at radius 3 is 1.98 bits per heavy atom.